The fourth-order valence-corrected chi connectivity index (χ4v) is 2.00. The van der Waals surface area contributed by atoms with Crippen molar-refractivity contribution in [1.82, 2.24) is 0 Å². The highest BCUT2D eigenvalue weighted by Crippen LogP contribution is 2.18. The number of hydrogen-bond donors (Lipinski definition) is 0. The van der Waals surface area contributed by atoms with Crippen molar-refractivity contribution in [3.63, 3.8) is 0 Å². The van der Waals surface area contributed by atoms with E-state index in [0.717, 1.165) is 10.4 Å². The van der Waals surface area contributed by atoms with Gasteiger partial charge in [-0.15, -0.1) is 0 Å². The summed E-state index contributed by atoms with van der Waals surface area (Å²) in [4.78, 5) is 13.1. The Kier molecular flexibility index (Phi) is 6.65. The van der Waals surface area contributed by atoms with Crippen molar-refractivity contribution in [3.8, 4) is 11.8 Å². The fourth-order valence-electron chi connectivity index (χ4n) is 1.48. The number of halogens is 1. The molecule has 0 radical (unpaired) electrons. The van der Waals surface area contributed by atoms with Crippen LogP contribution in [-0.4, -0.2) is 30.9 Å². The van der Waals surface area contributed by atoms with Gasteiger partial charge < -0.3 is 4.74 Å². The Morgan fingerprint density at radius 1 is 1.41 bits per heavy atom. The minimum Gasteiger partial charge on any atom is -0.443 e. The summed E-state index contributed by atoms with van der Waals surface area (Å²) in [6.07, 6.45) is -0.776. The summed E-state index contributed by atoms with van der Waals surface area (Å²) in [6, 6.07) is 6.67. The van der Waals surface area contributed by atoms with Crippen molar-refractivity contribution in [3.05, 3.63) is 29.8 Å². The number of alkyl halides is 1. The summed E-state index contributed by atoms with van der Waals surface area (Å²) in [5.41, 5.74) is 1.06. The molecule has 0 aliphatic rings. The fraction of sp³-hybridized carbons (Fsp3) is 0.333. The van der Waals surface area contributed by atoms with E-state index in [-0.39, 0.29) is 0 Å². The number of anilines is 1. The Labute approximate surface area is 139 Å². The smallest absolute Gasteiger partial charge is 0.419 e. The van der Waals surface area contributed by atoms with Crippen LogP contribution in [0.2, 0.25) is 0 Å². The lowest BCUT2D eigenvalue weighted by Gasteiger charge is -2.24. The second kappa shape index (κ2) is 8.01. The number of amides is 1. The average Bonchev–Trinajstić information content (AvgIpc) is 2.40. The number of carbonyl (C=O) groups is 1. The van der Waals surface area contributed by atoms with E-state index in [2.05, 4.69) is 27.8 Å². The molecule has 22 heavy (non-hydrogen) atoms. The molecule has 0 fully saturated rings. The highest BCUT2D eigenvalue weighted by molar-refractivity contribution is 9.09. The first-order chi connectivity index (χ1) is 10.2. The average molecular weight is 386 g/mol. The van der Waals surface area contributed by atoms with E-state index in [1.54, 1.807) is 45.0 Å². The van der Waals surface area contributed by atoms with Crippen molar-refractivity contribution in [1.29, 1.82) is 0 Å². The minimum atomic E-state index is -2.55. The van der Waals surface area contributed by atoms with E-state index in [1.807, 2.05) is 0 Å². The van der Waals surface area contributed by atoms with Crippen LogP contribution in [0, 0.1) is 11.8 Å². The Morgan fingerprint density at radius 3 is 2.64 bits per heavy atom. The van der Waals surface area contributed by atoms with E-state index in [0.29, 0.717) is 16.6 Å². The second-order valence-corrected chi connectivity index (χ2v) is 6.49. The molecule has 0 aromatic heterocycles. The minimum absolute atomic E-state index is 0.361. The molecule has 0 aliphatic heterocycles. The first-order valence-corrected chi connectivity index (χ1v) is 8.59. The molecule has 0 saturated carbocycles. The summed E-state index contributed by atoms with van der Waals surface area (Å²) in [5, 5.41) is 0.518. The van der Waals surface area contributed by atoms with Gasteiger partial charge in [0, 0.05) is 5.56 Å². The van der Waals surface area contributed by atoms with Gasteiger partial charge in [-0.3, -0.25) is 0 Å². The molecule has 0 bridgehead atoms. The van der Waals surface area contributed by atoms with Crippen LogP contribution in [0.3, 0.4) is 0 Å². The maximum Gasteiger partial charge on any atom is 0.419 e. The van der Waals surface area contributed by atoms with Gasteiger partial charge in [0.25, 0.3) is 0 Å². The first-order valence-electron chi connectivity index (χ1n) is 6.33. The van der Waals surface area contributed by atoms with E-state index in [4.69, 9.17) is 4.74 Å². The molecular weight excluding hydrogens is 370 g/mol. The predicted molar refractivity (Wildman–Crippen MR) is 90.8 cm³/mol. The lowest BCUT2D eigenvalue weighted by atomic mass is 10.2. The van der Waals surface area contributed by atoms with Crippen molar-refractivity contribution in [2.24, 2.45) is 0 Å². The monoisotopic (exact) mass is 385 g/mol. The zero-order valence-electron chi connectivity index (χ0n) is 12.5. The standard InChI is InChI=1S/C15H16BrNO4S/c1-15(2,3)21-14(18)17(11-22(19)20)13-8-4-6-12(10-13)7-5-9-16/h4,6,8,10-11H,9H2,1-3H3. The number of rotatable bonds is 2. The number of carbonyl (C=O) groups excluding carboxylic acids is 1. The van der Waals surface area contributed by atoms with Crippen LogP contribution >= 0.6 is 15.9 Å². The molecule has 1 rings (SSSR count). The van der Waals surface area contributed by atoms with Gasteiger partial charge in [-0.2, -0.15) is 8.42 Å². The van der Waals surface area contributed by atoms with Crippen molar-refractivity contribution in [2.45, 2.75) is 26.4 Å². The molecule has 0 atom stereocenters. The maximum absolute atomic E-state index is 12.2. The van der Waals surface area contributed by atoms with Crippen LogP contribution in [0.1, 0.15) is 26.3 Å². The molecule has 1 amide bonds. The molecule has 1 aromatic carbocycles. The van der Waals surface area contributed by atoms with Crippen molar-refractivity contribution < 1.29 is 17.9 Å². The van der Waals surface area contributed by atoms with Gasteiger partial charge in [-0.25, -0.2) is 9.69 Å². The van der Waals surface area contributed by atoms with E-state index < -0.39 is 22.0 Å². The highest BCUT2D eigenvalue weighted by Gasteiger charge is 2.22. The van der Waals surface area contributed by atoms with Crippen LogP contribution in [0.15, 0.2) is 24.3 Å². The van der Waals surface area contributed by atoms with Crippen LogP contribution in [0.4, 0.5) is 10.5 Å². The molecule has 0 aliphatic carbocycles. The lowest BCUT2D eigenvalue weighted by molar-refractivity contribution is 0.0606. The Morgan fingerprint density at radius 2 is 2.09 bits per heavy atom. The zero-order chi connectivity index (χ0) is 16.8. The number of ether oxygens (including phenoxy) is 1. The van der Waals surface area contributed by atoms with Crippen LogP contribution in [0.5, 0.6) is 0 Å². The molecule has 1 aromatic rings. The molecule has 7 heteroatoms. The van der Waals surface area contributed by atoms with E-state index in [1.165, 1.54) is 0 Å². The third-order valence-corrected chi connectivity index (χ3v) is 2.87. The Hall–Kier alpha value is -1.78. The molecule has 118 valence electrons. The molecule has 0 saturated heterocycles. The summed E-state index contributed by atoms with van der Waals surface area (Å²) >= 11 is 3.20. The van der Waals surface area contributed by atoms with Gasteiger partial charge in [0.15, 0.2) is 0 Å². The topological polar surface area (TPSA) is 63.7 Å². The largest absolute Gasteiger partial charge is 0.443 e. The van der Waals surface area contributed by atoms with Crippen LogP contribution in [0.25, 0.3) is 0 Å². The predicted octanol–water partition coefficient (Wildman–Crippen LogP) is 2.81. The maximum atomic E-state index is 12.2. The molecule has 0 spiro atoms. The van der Waals surface area contributed by atoms with Crippen LogP contribution < -0.4 is 4.90 Å². The van der Waals surface area contributed by atoms with Gasteiger partial charge >= 0.3 is 6.09 Å². The number of hydrogen-bond acceptors (Lipinski definition) is 4. The van der Waals surface area contributed by atoms with Gasteiger partial charge in [-0.1, -0.05) is 33.8 Å². The van der Waals surface area contributed by atoms with E-state index in [9.17, 15) is 13.2 Å². The van der Waals surface area contributed by atoms with E-state index >= 15 is 0 Å². The molecule has 0 N–H and O–H groups in total. The highest BCUT2D eigenvalue weighted by atomic mass is 79.9. The molecule has 0 unspecified atom stereocenters. The van der Waals surface area contributed by atoms with Crippen LogP contribution in [-0.2, 0) is 15.0 Å². The van der Waals surface area contributed by atoms with Gasteiger partial charge in [0.05, 0.1) is 11.0 Å². The molecule has 0 heterocycles. The Balaban J connectivity index is 3.23. The summed E-state index contributed by atoms with van der Waals surface area (Å²) in [7, 11) is -2.55. The number of benzene rings is 1. The molecular formula is C15H16BrNO4S. The third-order valence-electron chi connectivity index (χ3n) is 2.21. The zero-order valence-corrected chi connectivity index (χ0v) is 14.9. The van der Waals surface area contributed by atoms with Crippen molar-refractivity contribution >= 4 is 43.5 Å². The second-order valence-electron chi connectivity index (χ2n) is 5.20. The number of nitrogens with zero attached hydrogens (tertiary/aromatic N) is 1. The van der Waals surface area contributed by atoms with Gasteiger partial charge in [0.2, 0.25) is 10.3 Å². The normalized spacial score (nSPS) is 10.2. The quantitative estimate of drug-likeness (QED) is 0.446. The lowest BCUT2D eigenvalue weighted by Crippen LogP contribution is -2.36. The third kappa shape index (κ3) is 6.33. The Bertz CT molecular complexity index is 731. The van der Waals surface area contributed by atoms with Crippen molar-refractivity contribution in [2.75, 3.05) is 10.2 Å². The summed E-state index contributed by atoms with van der Waals surface area (Å²) in [6.45, 7) is 5.11. The van der Waals surface area contributed by atoms with Gasteiger partial charge in [0.1, 0.15) is 11.1 Å². The molecule has 5 nitrogen and oxygen atoms in total. The van der Waals surface area contributed by atoms with Gasteiger partial charge in [-0.05, 0) is 39.0 Å². The SMILES string of the molecule is CC(C)(C)OC(=O)N(C=S(=O)=O)c1cccc(C#CCBr)c1. The summed E-state index contributed by atoms with van der Waals surface area (Å²) in [5.74, 6) is 5.73. The first kappa shape index (κ1) is 18.3. The summed E-state index contributed by atoms with van der Waals surface area (Å²) < 4.78 is 27.2.